The first kappa shape index (κ1) is 19.5. The molecule has 0 saturated carbocycles. The van der Waals surface area contributed by atoms with Gasteiger partial charge in [0.15, 0.2) is 11.5 Å². The molecule has 5 rings (SSSR count). The SMILES string of the molecule is O=C(Cn1nnc(-c2cccs2)n1)N1CCN(C(=O)C2COc3ccccc3O2)CC1. The fourth-order valence-electron chi connectivity index (χ4n) is 3.56. The van der Waals surface area contributed by atoms with E-state index in [9.17, 15) is 9.59 Å². The molecular formula is C20H20N6O4S. The van der Waals surface area contributed by atoms with Crippen LogP contribution in [0.5, 0.6) is 11.5 Å². The molecule has 1 aromatic carbocycles. The van der Waals surface area contributed by atoms with Gasteiger partial charge in [0.2, 0.25) is 17.8 Å². The predicted octanol–water partition coefficient (Wildman–Crippen LogP) is 0.912. The molecule has 3 aromatic rings. The smallest absolute Gasteiger partial charge is 0.267 e. The number of hydrogen-bond acceptors (Lipinski definition) is 8. The number of aromatic nitrogens is 4. The van der Waals surface area contributed by atoms with E-state index in [0.717, 1.165) is 4.88 Å². The van der Waals surface area contributed by atoms with Crippen molar-refractivity contribution in [1.29, 1.82) is 0 Å². The predicted molar refractivity (Wildman–Crippen MR) is 111 cm³/mol. The minimum atomic E-state index is -0.674. The molecule has 0 bridgehead atoms. The zero-order valence-corrected chi connectivity index (χ0v) is 17.4. The summed E-state index contributed by atoms with van der Waals surface area (Å²) >= 11 is 1.52. The molecule has 0 aliphatic carbocycles. The van der Waals surface area contributed by atoms with Crippen LogP contribution in [0.4, 0.5) is 0 Å². The molecular weight excluding hydrogens is 420 g/mol. The highest BCUT2D eigenvalue weighted by atomic mass is 32.1. The van der Waals surface area contributed by atoms with Crippen molar-refractivity contribution in [3.63, 3.8) is 0 Å². The Kier molecular flexibility index (Phi) is 5.24. The van der Waals surface area contributed by atoms with Crippen LogP contribution >= 0.6 is 11.3 Å². The molecule has 4 heterocycles. The molecule has 2 aromatic heterocycles. The van der Waals surface area contributed by atoms with Crippen molar-refractivity contribution in [3.05, 3.63) is 41.8 Å². The number of fused-ring (bicyclic) bond motifs is 1. The highest BCUT2D eigenvalue weighted by molar-refractivity contribution is 7.13. The second kappa shape index (κ2) is 8.34. The minimum Gasteiger partial charge on any atom is -0.485 e. The fraction of sp³-hybridized carbons (Fsp3) is 0.350. The number of rotatable bonds is 4. The van der Waals surface area contributed by atoms with E-state index in [4.69, 9.17) is 9.47 Å². The van der Waals surface area contributed by atoms with Crippen LogP contribution in [-0.2, 0) is 16.1 Å². The van der Waals surface area contributed by atoms with E-state index in [-0.39, 0.29) is 25.0 Å². The second-order valence-corrected chi connectivity index (χ2v) is 8.14. The van der Waals surface area contributed by atoms with Crippen molar-refractivity contribution >= 4 is 23.2 Å². The molecule has 10 nitrogen and oxygen atoms in total. The van der Waals surface area contributed by atoms with Gasteiger partial charge in [-0.05, 0) is 28.8 Å². The molecule has 160 valence electrons. The molecule has 31 heavy (non-hydrogen) atoms. The maximum Gasteiger partial charge on any atom is 0.267 e. The Morgan fingerprint density at radius 2 is 1.81 bits per heavy atom. The average Bonchev–Trinajstić information content (AvgIpc) is 3.50. The summed E-state index contributed by atoms with van der Waals surface area (Å²) in [6, 6.07) is 11.1. The number of hydrogen-bond donors (Lipinski definition) is 0. The summed E-state index contributed by atoms with van der Waals surface area (Å²) in [5, 5.41) is 14.2. The third-order valence-electron chi connectivity index (χ3n) is 5.20. The first-order valence-electron chi connectivity index (χ1n) is 9.94. The van der Waals surface area contributed by atoms with Gasteiger partial charge in [0.1, 0.15) is 13.2 Å². The normalized spacial score (nSPS) is 18.1. The van der Waals surface area contributed by atoms with E-state index in [1.807, 2.05) is 35.7 Å². The highest BCUT2D eigenvalue weighted by Gasteiger charge is 2.33. The number of thiophene rings is 1. The van der Waals surface area contributed by atoms with Crippen molar-refractivity contribution < 1.29 is 19.1 Å². The number of ether oxygens (including phenoxy) is 2. The van der Waals surface area contributed by atoms with E-state index in [0.29, 0.717) is 43.5 Å². The van der Waals surface area contributed by atoms with Gasteiger partial charge in [-0.2, -0.15) is 4.80 Å². The van der Waals surface area contributed by atoms with E-state index in [1.54, 1.807) is 15.9 Å². The fourth-order valence-corrected chi connectivity index (χ4v) is 4.20. The number of benzene rings is 1. The molecule has 0 radical (unpaired) electrons. The number of carbonyl (C=O) groups is 2. The van der Waals surface area contributed by atoms with Crippen LogP contribution in [0.2, 0.25) is 0 Å². The van der Waals surface area contributed by atoms with Gasteiger partial charge in [0, 0.05) is 26.2 Å². The van der Waals surface area contributed by atoms with Crippen LogP contribution in [-0.4, -0.2) is 80.7 Å². The lowest BCUT2D eigenvalue weighted by Gasteiger charge is -2.37. The Balaban J connectivity index is 1.13. The maximum absolute atomic E-state index is 12.8. The van der Waals surface area contributed by atoms with E-state index >= 15 is 0 Å². The number of nitrogens with zero attached hydrogens (tertiary/aromatic N) is 6. The third-order valence-corrected chi connectivity index (χ3v) is 6.06. The lowest BCUT2D eigenvalue weighted by atomic mass is 10.2. The summed E-state index contributed by atoms with van der Waals surface area (Å²) in [4.78, 5) is 31.1. The van der Waals surface area contributed by atoms with Crippen molar-refractivity contribution in [3.8, 4) is 22.2 Å². The average molecular weight is 440 g/mol. The Labute approximate surface area is 182 Å². The zero-order chi connectivity index (χ0) is 21.2. The van der Waals surface area contributed by atoms with Crippen LogP contribution < -0.4 is 9.47 Å². The van der Waals surface area contributed by atoms with Gasteiger partial charge in [-0.1, -0.05) is 18.2 Å². The van der Waals surface area contributed by atoms with Gasteiger partial charge in [0.25, 0.3) is 5.91 Å². The summed E-state index contributed by atoms with van der Waals surface area (Å²) in [7, 11) is 0. The van der Waals surface area contributed by atoms with Gasteiger partial charge < -0.3 is 19.3 Å². The Hall–Kier alpha value is -3.47. The summed E-state index contributed by atoms with van der Waals surface area (Å²) in [5.74, 6) is 1.50. The molecule has 1 saturated heterocycles. The van der Waals surface area contributed by atoms with Gasteiger partial charge >= 0.3 is 0 Å². The number of piperazine rings is 1. The molecule has 0 spiro atoms. The quantitative estimate of drug-likeness (QED) is 0.594. The zero-order valence-electron chi connectivity index (χ0n) is 16.6. The molecule has 11 heteroatoms. The van der Waals surface area contributed by atoms with Gasteiger partial charge in [-0.3, -0.25) is 9.59 Å². The maximum atomic E-state index is 12.8. The molecule has 1 atom stereocenters. The van der Waals surface area contributed by atoms with Crippen LogP contribution in [0, 0.1) is 0 Å². The number of carbonyl (C=O) groups excluding carboxylic acids is 2. The van der Waals surface area contributed by atoms with E-state index < -0.39 is 6.10 Å². The topological polar surface area (TPSA) is 103 Å². The number of para-hydroxylation sites is 2. The van der Waals surface area contributed by atoms with Crippen molar-refractivity contribution in [2.24, 2.45) is 0 Å². The van der Waals surface area contributed by atoms with Crippen LogP contribution in [0.1, 0.15) is 0 Å². The molecule has 2 aliphatic rings. The Morgan fingerprint density at radius 3 is 2.58 bits per heavy atom. The first-order valence-corrected chi connectivity index (χ1v) is 10.8. The van der Waals surface area contributed by atoms with Crippen molar-refractivity contribution in [1.82, 2.24) is 30.0 Å². The standard InChI is InChI=1S/C20H20N6O4S/c27-18(12-26-22-19(21-23-26)17-6-3-11-31-17)24-7-9-25(10-8-24)20(28)16-13-29-14-4-1-2-5-15(14)30-16/h1-6,11,16H,7-10,12-13H2. The van der Waals surface area contributed by atoms with Gasteiger partial charge in [-0.25, -0.2) is 0 Å². The molecule has 1 fully saturated rings. The van der Waals surface area contributed by atoms with Crippen LogP contribution in [0.15, 0.2) is 41.8 Å². The van der Waals surface area contributed by atoms with Crippen molar-refractivity contribution in [2.75, 3.05) is 32.8 Å². The second-order valence-electron chi connectivity index (χ2n) is 7.19. The summed E-state index contributed by atoms with van der Waals surface area (Å²) in [5.41, 5.74) is 0. The van der Waals surface area contributed by atoms with Crippen LogP contribution in [0.3, 0.4) is 0 Å². The van der Waals surface area contributed by atoms with E-state index in [2.05, 4.69) is 15.4 Å². The summed E-state index contributed by atoms with van der Waals surface area (Å²) in [6.07, 6.45) is -0.674. The first-order chi connectivity index (χ1) is 15.2. The lowest BCUT2D eigenvalue weighted by Crippen LogP contribution is -2.55. The summed E-state index contributed by atoms with van der Waals surface area (Å²) in [6.45, 7) is 1.97. The molecule has 1 unspecified atom stereocenters. The Bertz CT molecular complexity index is 1080. The number of amides is 2. The van der Waals surface area contributed by atoms with E-state index in [1.165, 1.54) is 16.1 Å². The summed E-state index contributed by atoms with van der Waals surface area (Å²) < 4.78 is 11.5. The van der Waals surface area contributed by atoms with Crippen LogP contribution in [0.25, 0.3) is 10.7 Å². The molecule has 2 amide bonds. The largest absolute Gasteiger partial charge is 0.485 e. The molecule has 0 N–H and O–H groups in total. The number of tetrazole rings is 1. The third kappa shape index (κ3) is 4.08. The Morgan fingerprint density at radius 1 is 1.03 bits per heavy atom. The lowest BCUT2D eigenvalue weighted by molar-refractivity contribution is -0.146. The van der Waals surface area contributed by atoms with Gasteiger partial charge in [-0.15, -0.1) is 21.5 Å². The van der Waals surface area contributed by atoms with Gasteiger partial charge in [0.05, 0.1) is 4.88 Å². The monoisotopic (exact) mass is 440 g/mol. The van der Waals surface area contributed by atoms with Crippen molar-refractivity contribution in [2.45, 2.75) is 12.6 Å². The minimum absolute atomic E-state index is 0.0165. The highest BCUT2D eigenvalue weighted by Crippen LogP contribution is 2.31. The molecule has 2 aliphatic heterocycles.